The van der Waals surface area contributed by atoms with Gasteiger partial charge in [0, 0.05) is 47.9 Å². The van der Waals surface area contributed by atoms with Gasteiger partial charge in [-0.3, -0.25) is 9.20 Å². The van der Waals surface area contributed by atoms with Gasteiger partial charge in [0.15, 0.2) is 5.96 Å². The zero-order valence-electron chi connectivity index (χ0n) is 16.2. The first kappa shape index (κ1) is 23.6. The van der Waals surface area contributed by atoms with Crippen LogP contribution in [0.3, 0.4) is 0 Å². The van der Waals surface area contributed by atoms with Gasteiger partial charge in [0.25, 0.3) is 0 Å². The molecule has 0 aliphatic heterocycles. The Hall–Kier alpha value is -1.41. The Labute approximate surface area is 182 Å². The average molecular weight is 499 g/mol. The Kier molecular flexibility index (Phi) is 11.3. The standard InChI is InChI=1S/C21H29N3OS.HI/c1-17(20-12-8-5-9-13-20)18(2)24-21(22-3)23-14-15-26(25)16-19-10-6-4-7-11-19;/h4-13,17-18H,14-16H2,1-3H3,(H2,22,23,24);1H. The van der Waals surface area contributed by atoms with Crippen LogP contribution in [0, 0.1) is 0 Å². The number of halogens is 1. The van der Waals surface area contributed by atoms with Crippen molar-refractivity contribution >= 4 is 40.7 Å². The van der Waals surface area contributed by atoms with Crippen molar-refractivity contribution in [3.05, 3.63) is 71.8 Å². The van der Waals surface area contributed by atoms with Gasteiger partial charge >= 0.3 is 0 Å². The first-order chi connectivity index (χ1) is 12.6. The lowest BCUT2D eigenvalue weighted by Gasteiger charge is -2.24. The maximum Gasteiger partial charge on any atom is 0.191 e. The summed E-state index contributed by atoms with van der Waals surface area (Å²) in [5, 5.41) is 6.70. The molecule has 2 aromatic carbocycles. The lowest BCUT2D eigenvalue weighted by atomic mass is 9.94. The minimum absolute atomic E-state index is 0. The second-order valence-electron chi connectivity index (χ2n) is 6.41. The van der Waals surface area contributed by atoms with Crippen molar-refractivity contribution in [2.45, 2.75) is 31.6 Å². The molecular formula is C21H30IN3OS. The zero-order chi connectivity index (χ0) is 18.8. The number of nitrogens with zero attached hydrogens (tertiary/aromatic N) is 1. The molecule has 0 radical (unpaired) electrons. The van der Waals surface area contributed by atoms with Crippen molar-refractivity contribution in [3.63, 3.8) is 0 Å². The Bertz CT molecular complexity index is 710. The summed E-state index contributed by atoms with van der Waals surface area (Å²) >= 11 is 0. The largest absolute Gasteiger partial charge is 0.355 e. The fourth-order valence-corrected chi connectivity index (χ4v) is 3.73. The van der Waals surface area contributed by atoms with E-state index in [0.29, 0.717) is 24.0 Å². The van der Waals surface area contributed by atoms with Gasteiger partial charge in [-0.2, -0.15) is 0 Å². The predicted octanol–water partition coefficient (Wildman–Crippen LogP) is 3.91. The molecule has 0 aliphatic rings. The minimum atomic E-state index is -0.886. The summed E-state index contributed by atoms with van der Waals surface area (Å²) in [5.41, 5.74) is 2.41. The zero-order valence-corrected chi connectivity index (χ0v) is 19.4. The Morgan fingerprint density at radius 2 is 1.63 bits per heavy atom. The highest BCUT2D eigenvalue weighted by Gasteiger charge is 2.15. The molecule has 0 heterocycles. The van der Waals surface area contributed by atoms with E-state index in [9.17, 15) is 4.21 Å². The molecule has 0 aromatic heterocycles. The van der Waals surface area contributed by atoms with Crippen molar-refractivity contribution in [2.24, 2.45) is 4.99 Å². The van der Waals surface area contributed by atoms with Gasteiger partial charge in [-0.15, -0.1) is 24.0 Å². The smallest absolute Gasteiger partial charge is 0.191 e. The topological polar surface area (TPSA) is 53.5 Å². The molecule has 0 fully saturated rings. The van der Waals surface area contributed by atoms with E-state index in [1.54, 1.807) is 7.05 Å². The van der Waals surface area contributed by atoms with Crippen molar-refractivity contribution in [2.75, 3.05) is 19.3 Å². The number of hydrogen-bond acceptors (Lipinski definition) is 2. The van der Waals surface area contributed by atoms with Crippen LogP contribution in [0.25, 0.3) is 0 Å². The lowest BCUT2D eigenvalue weighted by molar-refractivity contribution is 0.551. The molecule has 0 spiro atoms. The van der Waals surface area contributed by atoms with Crippen LogP contribution >= 0.6 is 24.0 Å². The normalized spacial score (nSPS) is 14.6. The number of hydrogen-bond donors (Lipinski definition) is 2. The summed E-state index contributed by atoms with van der Waals surface area (Å²) < 4.78 is 12.2. The second-order valence-corrected chi connectivity index (χ2v) is 7.98. The van der Waals surface area contributed by atoms with Crippen LogP contribution in [0.5, 0.6) is 0 Å². The van der Waals surface area contributed by atoms with Crippen LogP contribution in [-0.2, 0) is 16.6 Å². The summed E-state index contributed by atoms with van der Waals surface area (Å²) in [6.45, 7) is 4.98. The first-order valence-electron chi connectivity index (χ1n) is 9.01. The van der Waals surface area contributed by atoms with E-state index in [0.717, 1.165) is 11.5 Å². The van der Waals surface area contributed by atoms with Gasteiger partial charge in [0.2, 0.25) is 0 Å². The molecule has 0 bridgehead atoms. The maximum atomic E-state index is 12.2. The molecule has 4 nitrogen and oxygen atoms in total. The van der Waals surface area contributed by atoms with Gasteiger partial charge in [-0.1, -0.05) is 67.6 Å². The first-order valence-corrected chi connectivity index (χ1v) is 10.5. The molecule has 0 aliphatic carbocycles. The molecule has 27 heavy (non-hydrogen) atoms. The summed E-state index contributed by atoms with van der Waals surface area (Å²) in [7, 11) is 0.874. The van der Waals surface area contributed by atoms with E-state index in [4.69, 9.17) is 0 Å². The third-order valence-electron chi connectivity index (χ3n) is 4.46. The molecular weight excluding hydrogens is 469 g/mol. The van der Waals surface area contributed by atoms with Gasteiger partial charge < -0.3 is 10.6 Å². The molecule has 0 amide bonds. The molecule has 3 unspecified atom stereocenters. The number of benzene rings is 2. The molecule has 148 valence electrons. The predicted molar refractivity (Wildman–Crippen MR) is 127 cm³/mol. The molecule has 0 saturated carbocycles. The van der Waals surface area contributed by atoms with Crippen molar-refractivity contribution in [3.8, 4) is 0 Å². The fourth-order valence-electron chi connectivity index (χ4n) is 2.70. The summed E-state index contributed by atoms with van der Waals surface area (Å²) in [4.78, 5) is 4.28. The molecule has 2 N–H and O–H groups in total. The molecule has 2 aromatic rings. The SMILES string of the molecule is CN=C(NCCS(=O)Cc1ccccc1)NC(C)C(C)c1ccccc1.I. The Morgan fingerprint density at radius 1 is 1.04 bits per heavy atom. The lowest BCUT2D eigenvalue weighted by Crippen LogP contribution is -2.45. The Balaban J connectivity index is 0.00000364. The van der Waals surface area contributed by atoms with Gasteiger partial charge in [0.05, 0.1) is 0 Å². The number of rotatable bonds is 8. The molecule has 3 atom stereocenters. The maximum absolute atomic E-state index is 12.2. The quantitative estimate of drug-likeness (QED) is 0.329. The monoisotopic (exact) mass is 499 g/mol. The molecule has 0 saturated heterocycles. The van der Waals surface area contributed by atoms with Crippen molar-refractivity contribution in [1.82, 2.24) is 10.6 Å². The van der Waals surface area contributed by atoms with E-state index < -0.39 is 10.8 Å². The summed E-state index contributed by atoms with van der Waals surface area (Å²) in [6, 6.07) is 20.6. The second kappa shape index (κ2) is 12.9. The third kappa shape index (κ3) is 8.43. The summed E-state index contributed by atoms with van der Waals surface area (Å²) in [5.74, 6) is 2.30. The number of nitrogens with one attached hydrogen (secondary N) is 2. The van der Waals surface area contributed by atoms with Crippen molar-refractivity contribution < 1.29 is 4.21 Å². The van der Waals surface area contributed by atoms with E-state index in [1.165, 1.54) is 5.56 Å². The highest BCUT2D eigenvalue weighted by Crippen LogP contribution is 2.18. The van der Waals surface area contributed by atoms with Crippen LogP contribution < -0.4 is 10.6 Å². The average Bonchev–Trinajstić information content (AvgIpc) is 2.67. The van der Waals surface area contributed by atoms with Crippen LogP contribution in [-0.4, -0.2) is 35.6 Å². The van der Waals surface area contributed by atoms with Gasteiger partial charge in [0.1, 0.15) is 0 Å². The van der Waals surface area contributed by atoms with Crippen LogP contribution in [0.15, 0.2) is 65.7 Å². The van der Waals surface area contributed by atoms with E-state index in [-0.39, 0.29) is 30.0 Å². The van der Waals surface area contributed by atoms with Gasteiger partial charge in [-0.25, -0.2) is 0 Å². The Morgan fingerprint density at radius 3 is 2.22 bits per heavy atom. The third-order valence-corrected chi connectivity index (χ3v) is 5.77. The van der Waals surface area contributed by atoms with Crippen LogP contribution in [0.1, 0.15) is 30.9 Å². The fraction of sp³-hybridized carbons (Fsp3) is 0.381. The highest BCUT2D eigenvalue weighted by atomic mass is 127. The van der Waals surface area contributed by atoms with Crippen molar-refractivity contribution in [1.29, 1.82) is 0 Å². The van der Waals surface area contributed by atoms with E-state index >= 15 is 0 Å². The van der Waals surface area contributed by atoms with Crippen LogP contribution in [0.2, 0.25) is 0 Å². The van der Waals surface area contributed by atoms with E-state index in [2.05, 4.69) is 53.7 Å². The van der Waals surface area contributed by atoms with Gasteiger partial charge in [-0.05, 0) is 18.1 Å². The number of aliphatic imine (C=N–C) groups is 1. The van der Waals surface area contributed by atoms with E-state index in [1.807, 2.05) is 36.4 Å². The summed E-state index contributed by atoms with van der Waals surface area (Å²) in [6.07, 6.45) is 0. The molecule has 2 rings (SSSR count). The number of guanidine groups is 1. The van der Waals surface area contributed by atoms with Crippen LogP contribution in [0.4, 0.5) is 0 Å². The molecule has 6 heteroatoms. The highest BCUT2D eigenvalue weighted by molar-refractivity contribution is 14.0. The minimum Gasteiger partial charge on any atom is -0.355 e.